The Morgan fingerprint density at radius 2 is 1.60 bits per heavy atom. The fourth-order valence-corrected chi connectivity index (χ4v) is 10.7. The maximum Gasteiger partial charge on any atom is 0.315 e. The van der Waals surface area contributed by atoms with E-state index in [0.717, 1.165) is 120 Å². The molecule has 3 aromatic carbocycles. The number of imide groups is 2. The standard InChI is InChI=1S/C49H50N12O6/c1-26-18-28(4-7-33(26)27(2)52-44(64)45-55-48(56-67-45)49(3)12-13-49)41-40-35-9-6-30(20-37(35)53-42(40)51-25-50-41)57-14-16-58(17-15-57)31-21-60(22-31)32-23-59(24-32)29-5-8-34-36(19-29)47(66)61(46(34)65)38-10-11-39(62)54-43(38)63/h4-9,18-20,25,27,31-32,38H,10-17,21-24H2,1-3H3,(H,52,64)(H,50,51,53)(H,54,62,63)/t27-,38?/m1/s1. The van der Waals surface area contributed by atoms with E-state index >= 15 is 0 Å². The molecule has 6 aliphatic rings. The summed E-state index contributed by atoms with van der Waals surface area (Å²) in [5.74, 6) is -1.77. The van der Waals surface area contributed by atoms with Gasteiger partial charge in [-0.25, -0.2) is 9.97 Å². The molecular weight excluding hydrogens is 853 g/mol. The lowest BCUT2D eigenvalue weighted by Crippen LogP contribution is -2.71. The largest absolute Gasteiger partial charge is 0.369 e. The number of aromatic amines is 1. The first-order valence-corrected chi connectivity index (χ1v) is 23.2. The Morgan fingerprint density at radius 1 is 0.851 bits per heavy atom. The number of hydrogen-bond acceptors (Lipinski definition) is 14. The predicted molar refractivity (Wildman–Crippen MR) is 247 cm³/mol. The first kappa shape index (κ1) is 41.4. The summed E-state index contributed by atoms with van der Waals surface area (Å²) in [4.78, 5) is 91.8. The van der Waals surface area contributed by atoms with Crippen LogP contribution in [-0.4, -0.2) is 140 Å². The molecule has 8 heterocycles. The number of aryl methyl sites for hydroxylation is 1. The van der Waals surface area contributed by atoms with Crippen molar-refractivity contribution in [3.8, 4) is 11.3 Å². The monoisotopic (exact) mass is 902 g/mol. The number of carbonyl (C=O) groups excluding carboxylic acids is 5. The summed E-state index contributed by atoms with van der Waals surface area (Å²) in [6, 6.07) is 17.8. The second-order valence-corrected chi connectivity index (χ2v) is 19.4. The summed E-state index contributed by atoms with van der Waals surface area (Å²) < 4.78 is 5.30. The maximum atomic E-state index is 13.4. The molecule has 4 saturated heterocycles. The van der Waals surface area contributed by atoms with Crippen molar-refractivity contribution < 1.29 is 28.5 Å². The van der Waals surface area contributed by atoms with Crippen molar-refractivity contribution in [1.29, 1.82) is 0 Å². The Morgan fingerprint density at radius 3 is 2.36 bits per heavy atom. The molecule has 5 amide bonds. The second kappa shape index (κ2) is 15.5. The molecular formula is C49H50N12O6. The lowest BCUT2D eigenvalue weighted by atomic mass is 9.97. The van der Waals surface area contributed by atoms with Crippen LogP contribution in [0.5, 0.6) is 0 Å². The average molecular weight is 903 g/mol. The Labute approximate surface area is 385 Å². The van der Waals surface area contributed by atoms with Crippen molar-refractivity contribution in [2.45, 2.75) is 76.0 Å². The fourth-order valence-electron chi connectivity index (χ4n) is 10.7. The summed E-state index contributed by atoms with van der Waals surface area (Å²) in [5, 5.41) is 11.4. The minimum Gasteiger partial charge on any atom is -0.369 e. The van der Waals surface area contributed by atoms with E-state index in [1.807, 2.05) is 32.0 Å². The minimum absolute atomic E-state index is 0.0142. The van der Waals surface area contributed by atoms with Crippen LogP contribution in [0.3, 0.4) is 0 Å². The van der Waals surface area contributed by atoms with Crippen LogP contribution in [0.25, 0.3) is 33.2 Å². The predicted octanol–water partition coefficient (Wildman–Crippen LogP) is 4.11. The van der Waals surface area contributed by atoms with Gasteiger partial charge in [-0.05, 0) is 80.6 Å². The van der Waals surface area contributed by atoms with Gasteiger partial charge in [0.05, 0.1) is 28.2 Å². The van der Waals surface area contributed by atoms with Crippen molar-refractivity contribution in [3.05, 3.63) is 94.9 Å². The highest BCUT2D eigenvalue weighted by Gasteiger charge is 2.47. The highest BCUT2D eigenvalue weighted by atomic mass is 16.5. The minimum atomic E-state index is -0.971. The van der Waals surface area contributed by atoms with Gasteiger partial charge in [-0.3, -0.25) is 44.0 Å². The van der Waals surface area contributed by atoms with Crippen LogP contribution in [0.1, 0.15) is 93.9 Å². The summed E-state index contributed by atoms with van der Waals surface area (Å²) in [6.45, 7) is 13.7. The molecule has 18 heteroatoms. The van der Waals surface area contributed by atoms with Crippen molar-refractivity contribution in [2.24, 2.45) is 0 Å². The van der Waals surface area contributed by atoms with Gasteiger partial charge in [-0.15, -0.1) is 0 Å². The van der Waals surface area contributed by atoms with Crippen LogP contribution in [0.4, 0.5) is 11.4 Å². The number of rotatable bonds is 10. The first-order valence-electron chi connectivity index (χ1n) is 23.2. The zero-order valence-electron chi connectivity index (χ0n) is 37.5. The molecule has 0 spiro atoms. The molecule has 67 heavy (non-hydrogen) atoms. The summed E-state index contributed by atoms with van der Waals surface area (Å²) in [7, 11) is 0. The van der Waals surface area contributed by atoms with Gasteiger partial charge in [0.1, 0.15) is 18.0 Å². The quantitative estimate of drug-likeness (QED) is 0.166. The third-order valence-electron chi connectivity index (χ3n) is 15.1. The molecule has 342 valence electrons. The smallest absolute Gasteiger partial charge is 0.315 e. The molecule has 1 saturated carbocycles. The fraction of sp³-hybridized carbons (Fsp3) is 0.408. The third kappa shape index (κ3) is 7.03. The zero-order valence-corrected chi connectivity index (χ0v) is 37.5. The van der Waals surface area contributed by atoms with Gasteiger partial charge in [0.25, 0.3) is 11.8 Å². The van der Waals surface area contributed by atoms with Gasteiger partial charge in [0, 0.05) is 104 Å². The Balaban J connectivity index is 0.645. The molecule has 1 aliphatic carbocycles. The topological polar surface area (TPSA) is 206 Å². The number of aromatic nitrogens is 5. The molecule has 12 rings (SSSR count). The number of piperazine rings is 1. The molecule has 5 fully saturated rings. The van der Waals surface area contributed by atoms with E-state index < -0.39 is 23.8 Å². The average Bonchev–Trinajstić information content (AvgIpc) is 3.58. The Bertz CT molecular complexity index is 3070. The number of anilines is 2. The second-order valence-electron chi connectivity index (χ2n) is 19.4. The van der Waals surface area contributed by atoms with E-state index in [0.29, 0.717) is 29.0 Å². The van der Waals surface area contributed by atoms with E-state index in [2.05, 4.69) is 81.5 Å². The number of piperidine rings is 1. The van der Waals surface area contributed by atoms with E-state index in [4.69, 9.17) is 9.51 Å². The molecule has 5 aliphatic heterocycles. The Kier molecular flexibility index (Phi) is 9.59. The number of amides is 5. The number of likely N-dealkylation sites (tertiary alicyclic amines) is 1. The number of nitrogens with zero attached hydrogens (tertiary/aromatic N) is 9. The van der Waals surface area contributed by atoms with Gasteiger partial charge in [-0.1, -0.05) is 30.3 Å². The van der Waals surface area contributed by atoms with Gasteiger partial charge in [0.2, 0.25) is 11.8 Å². The molecule has 18 nitrogen and oxygen atoms in total. The zero-order chi connectivity index (χ0) is 45.9. The number of fused-ring (bicyclic) bond motifs is 4. The highest BCUT2D eigenvalue weighted by molar-refractivity contribution is 6.24. The number of benzene rings is 3. The summed E-state index contributed by atoms with van der Waals surface area (Å²) in [6.07, 6.45) is 3.83. The van der Waals surface area contributed by atoms with Gasteiger partial charge < -0.3 is 24.6 Å². The highest BCUT2D eigenvalue weighted by Crippen LogP contribution is 2.46. The van der Waals surface area contributed by atoms with Crippen LogP contribution in [0, 0.1) is 6.92 Å². The van der Waals surface area contributed by atoms with Crippen molar-refractivity contribution >= 4 is 62.8 Å². The lowest BCUT2D eigenvalue weighted by molar-refractivity contribution is -0.136. The molecule has 1 unspecified atom stereocenters. The lowest BCUT2D eigenvalue weighted by Gasteiger charge is -2.55. The number of H-pyrrole nitrogens is 1. The van der Waals surface area contributed by atoms with Crippen LogP contribution in [0.2, 0.25) is 0 Å². The number of hydrogen-bond donors (Lipinski definition) is 3. The van der Waals surface area contributed by atoms with E-state index in [1.54, 1.807) is 18.5 Å². The summed E-state index contributed by atoms with van der Waals surface area (Å²) in [5.41, 5.74) is 8.21. The van der Waals surface area contributed by atoms with Crippen LogP contribution >= 0.6 is 0 Å². The summed E-state index contributed by atoms with van der Waals surface area (Å²) >= 11 is 0. The normalized spacial score (nSPS) is 21.7. The molecule has 0 radical (unpaired) electrons. The van der Waals surface area contributed by atoms with Gasteiger partial charge in [-0.2, -0.15) is 4.98 Å². The van der Waals surface area contributed by atoms with E-state index in [1.165, 1.54) is 5.69 Å². The molecule has 2 atom stereocenters. The van der Waals surface area contributed by atoms with Gasteiger partial charge >= 0.3 is 11.8 Å². The SMILES string of the molecule is Cc1cc(-c2ncnc3[nH]c4cc(N5CCN(C6CN(C7CN(c8ccc9c(c8)C(=O)N(C8CCC(=O)NC8=O)C9=O)C7)C6)CC5)ccc4c23)ccc1[C@@H](C)NC(=O)c1nc(C2(C)CC2)no1. The number of nitrogens with one attached hydrogen (secondary N) is 3. The number of carbonyl (C=O) groups is 5. The Hall–Kier alpha value is -7.05. The molecule has 0 bridgehead atoms. The maximum absolute atomic E-state index is 13.4. The van der Waals surface area contributed by atoms with E-state index in [9.17, 15) is 24.0 Å². The van der Waals surface area contributed by atoms with Gasteiger partial charge in [0.15, 0.2) is 5.82 Å². The van der Waals surface area contributed by atoms with Crippen LogP contribution in [-0.2, 0) is 15.0 Å². The molecule has 3 N–H and O–H groups in total. The molecule has 6 aromatic rings. The van der Waals surface area contributed by atoms with Crippen molar-refractivity contribution in [3.63, 3.8) is 0 Å². The van der Waals surface area contributed by atoms with E-state index in [-0.39, 0.29) is 42.0 Å². The van der Waals surface area contributed by atoms with Crippen molar-refractivity contribution in [2.75, 3.05) is 62.2 Å². The molecule has 3 aromatic heterocycles. The van der Waals surface area contributed by atoms with Crippen LogP contribution in [0.15, 0.2) is 65.4 Å². The van der Waals surface area contributed by atoms with Crippen LogP contribution < -0.4 is 20.4 Å². The first-order chi connectivity index (χ1) is 32.4. The van der Waals surface area contributed by atoms with Crippen molar-refractivity contribution in [1.82, 2.24) is 50.4 Å². The third-order valence-corrected chi connectivity index (χ3v) is 15.1.